The molecule has 2 aromatic rings. The van der Waals surface area contributed by atoms with Crippen molar-refractivity contribution in [3.8, 4) is 0 Å². The van der Waals surface area contributed by atoms with Crippen molar-refractivity contribution in [2.45, 2.75) is 26.2 Å². The number of aromatic nitrogens is 1. The van der Waals surface area contributed by atoms with Crippen LogP contribution < -0.4 is 11.1 Å². The molecule has 4 heteroatoms. The van der Waals surface area contributed by atoms with Crippen molar-refractivity contribution in [2.24, 2.45) is 5.73 Å². The highest BCUT2D eigenvalue weighted by Crippen LogP contribution is 2.27. The summed E-state index contributed by atoms with van der Waals surface area (Å²) in [6.45, 7) is 1.99. The molecule has 0 unspecified atom stereocenters. The Morgan fingerprint density at radius 1 is 1.25 bits per heavy atom. The van der Waals surface area contributed by atoms with Gasteiger partial charge in [-0.05, 0) is 61.1 Å². The van der Waals surface area contributed by atoms with E-state index in [0.717, 1.165) is 29.1 Å². The number of hydrogen-bond donors (Lipinski definition) is 2. The number of anilines is 2. The van der Waals surface area contributed by atoms with Crippen LogP contribution in [0, 0.1) is 6.92 Å². The first-order chi connectivity index (χ1) is 9.65. The number of benzene rings is 1. The number of rotatable bonds is 3. The molecule has 0 aliphatic heterocycles. The van der Waals surface area contributed by atoms with Crippen LogP contribution in [0.4, 0.5) is 11.5 Å². The van der Waals surface area contributed by atoms with Crippen LogP contribution in [0.15, 0.2) is 30.5 Å². The van der Waals surface area contributed by atoms with E-state index in [4.69, 9.17) is 18.0 Å². The number of nitrogens with two attached hydrogens (primary N) is 1. The minimum absolute atomic E-state index is 0.374. The van der Waals surface area contributed by atoms with E-state index in [0.29, 0.717) is 4.99 Å². The fourth-order valence-corrected chi connectivity index (χ4v) is 3.01. The number of pyridine rings is 1. The van der Waals surface area contributed by atoms with Gasteiger partial charge in [0.15, 0.2) is 0 Å². The van der Waals surface area contributed by atoms with Gasteiger partial charge in [-0.15, -0.1) is 0 Å². The van der Waals surface area contributed by atoms with E-state index in [9.17, 15) is 0 Å². The van der Waals surface area contributed by atoms with Gasteiger partial charge in [0.25, 0.3) is 0 Å². The van der Waals surface area contributed by atoms with E-state index in [1.54, 1.807) is 6.20 Å². The highest BCUT2D eigenvalue weighted by molar-refractivity contribution is 7.80. The van der Waals surface area contributed by atoms with Crippen LogP contribution in [0.25, 0.3) is 0 Å². The number of hydrogen-bond acceptors (Lipinski definition) is 3. The molecule has 3 rings (SSSR count). The van der Waals surface area contributed by atoms with Gasteiger partial charge in [-0.2, -0.15) is 0 Å². The Morgan fingerprint density at radius 2 is 2.05 bits per heavy atom. The van der Waals surface area contributed by atoms with Gasteiger partial charge < -0.3 is 11.1 Å². The lowest BCUT2D eigenvalue weighted by Gasteiger charge is -2.13. The van der Waals surface area contributed by atoms with E-state index in [-0.39, 0.29) is 0 Å². The Labute approximate surface area is 124 Å². The molecule has 1 aromatic heterocycles. The third kappa shape index (κ3) is 2.39. The molecule has 102 valence electrons. The second-order valence-corrected chi connectivity index (χ2v) is 5.62. The zero-order chi connectivity index (χ0) is 14.1. The maximum absolute atomic E-state index is 5.81. The number of nitrogens with zero attached hydrogens (tertiary/aromatic N) is 1. The number of nitrogens with one attached hydrogen (secondary N) is 1. The Kier molecular flexibility index (Phi) is 3.40. The molecule has 1 heterocycles. The summed E-state index contributed by atoms with van der Waals surface area (Å²) < 4.78 is 0. The Morgan fingerprint density at radius 3 is 2.85 bits per heavy atom. The van der Waals surface area contributed by atoms with Gasteiger partial charge in [0, 0.05) is 11.9 Å². The van der Waals surface area contributed by atoms with Crippen LogP contribution in [-0.4, -0.2) is 9.97 Å². The molecule has 0 spiro atoms. The van der Waals surface area contributed by atoms with Gasteiger partial charge in [-0.25, -0.2) is 4.98 Å². The molecule has 1 aliphatic carbocycles. The molecule has 3 nitrogen and oxygen atoms in total. The summed E-state index contributed by atoms with van der Waals surface area (Å²) in [5, 5.41) is 3.35. The first kappa shape index (κ1) is 13.1. The van der Waals surface area contributed by atoms with Gasteiger partial charge in [-0.3, -0.25) is 0 Å². The first-order valence-electron chi connectivity index (χ1n) is 6.79. The molecule has 0 bridgehead atoms. The second kappa shape index (κ2) is 5.21. The second-order valence-electron chi connectivity index (χ2n) is 5.18. The topological polar surface area (TPSA) is 50.9 Å². The zero-order valence-corrected chi connectivity index (χ0v) is 12.3. The monoisotopic (exact) mass is 283 g/mol. The van der Waals surface area contributed by atoms with Gasteiger partial charge in [0.05, 0.1) is 5.56 Å². The number of thiocarbonyl (C=S) groups is 1. The average Bonchev–Trinajstić information content (AvgIpc) is 2.85. The van der Waals surface area contributed by atoms with Gasteiger partial charge in [0.1, 0.15) is 10.8 Å². The highest BCUT2D eigenvalue weighted by Gasteiger charge is 2.13. The summed E-state index contributed by atoms with van der Waals surface area (Å²) in [5.74, 6) is 0.732. The van der Waals surface area contributed by atoms with Crippen molar-refractivity contribution >= 4 is 28.7 Å². The average molecular weight is 283 g/mol. The van der Waals surface area contributed by atoms with Crippen LogP contribution in [-0.2, 0) is 12.8 Å². The quantitative estimate of drug-likeness (QED) is 0.849. The summed E-state index contributed by atoms with van der Waals surface area (Å²) in [4.78, 5) is 4.75. The number of aryl methyl sites for hydroxylation is 3. The highest BCUT2D eigenvalue weighted by atomic mass is 32.1. The Bertz CT molecular complexity index is 679. The maximum Gasteiger partial charge on any atom is 0.140 e. The third-order valence-corrected chi connectivity index (χ3v) is 3.97. The summed E-state index contributed by atoms with van der Waals surface area (Å²) in [7, 11) is 0. The smallest absolute Gasteiger partial charge is 0.140 e. The largest absolute Gasteiger partial charge is 0.389 e. The van der Waals surface area contributed by atoms with E-state index in [2.05, 4.69) is 28.5 Å². The Balaban J connectivity index is 1.95. The molecule has 0 saturated carbocycles. The maximum atomic E-state index is 5.81. The Hall–Kier alpha value is -1.94. The SMILES string of the molecule is Cc1ccnc(Nc2ccc3c(c2)CCC3)c1C(N)=S. The fraction of sp³-hybridized carbons (Fsp3) is 0.250. The molecule has 0 amide bonds. The molecular weight excluding hydrogens is 266 g/mol. The van der Waals surface area contributed by atoms with E-state index in [1.807, 2.05) is 13.0 Å². The molecule has 1 aliphatic rings. The minimum Gasteiger partial charge on any atom is -0.389 e. The molecule has 0 radical (unpaired) electrons. The van der Waals surface area contributed by atoms with Gasteiger partial charge in [-0.1, -0.05) is 18.3 Å². The van der Waals surface area contributed by atoms with E-state index < -0.39 is 0 Å². The normalized spacial score (nSPS) is 13.1. The first-order valence-corrected chi connectivity index (χ1v) is 7.20. The van der Waals surface area contributed by atoms with Crippen molar-refractivity contribution in [1.29, 1.82) is 0 Å². The molecule has 0 fully saturated rings. The number of fused-ring (bicyclic) bond motifs is 1. The van der Waals surface area contributed by atoms with Crippen molar-refractivity contribution in [3.63, 3.8) is 0 Å². The summed E-state index contributed by atoms with van der Waals surface area (Å²) in [6, 6.07) is 8.41. The molecule has 0 atom stereocenters. The van der Waals surface area contributed by atoms with Crippen LogP contribution in [0.1, 0.15) is 28.7 Å². The van der Waals surface area contributed by atoms with E-state index in [1.165, 1.54) is 24.0 Å². The predicted molar refractivity (Wildman–Crippen MR) is 86.6 cm³/mol. The fourth-order valence-electron chi connectivity index (χ4n) is 2.75. The van der Waals surface area contributed by atoms with Crippen molar-refractivity contribution in [1.82, 2.24) is 4.98 Å². The van der Waals surface area contributed by atoms with Crippen LogP contribution >= 0.6 is 12.2 Å². The molecule has 20 heavy (non-hydrogen) atoms. The standard InChI is InChI=1S/C16H17N3S/c1-10-7-8-18-16(14(10)15(17)20)19-13-6-5-11-3-2-4-12(11)9-13/h5-9H,2-4H2,1H3,(H2,17,20)(H,18,19). The van der Waals surface area contributed by atoms with Gasteiger partial charge >= 0.3 is 0 Å². The summed E-state index contributed by atoms with van der Waals surface area (Å²) >= 11 is 5.13. The van der Waals surface area contributed by atoms with Crippen LogP contribution in [0.2, 0.25) is 0 Å². The molecular formula is C16H17N3S. The van der Waals surface area contributed by atoms with Crippen LogP contribution in [0.3, 0.4) is 0 Å². The van der Waals surface area contributed by atoms with Crippen molar-refractivity contribution in [3.05, 3.63) is 52.7 Å². The molecule has 0 saturated heterocycles. The van der Waals surface area contributed by atoms with E-state index >= 15 is 0 Å². The lowest BCUT2D eigenvalue weighted by molar-refractivity contribution is 0.912. The minimum atomic E-state index is 0.374. The van der Waals surface area contributed by atoms with Crippen LogP contribution in [0.5, 0.6) is 0 Å². The third-order valence-electron chi connectivity index (χ3n) is 3.77. The molecule has 3 N–H and O–H groups in total. The zero-order valence-electron chi connectivity index (χ0n) is 11.4. The lowest BCUT2D eigenvalue weighted by atomic mass is 10.1. The van der Waals surface area contributed by atoms with Crippen molar-refractivity contribution in [2.75, 3.05) is 5.32 Å². The molecule has 1 aromatic carbocycles. The summed E-state index contributed by atoms with van der Waals surface area (Å²) in [6.07, 6.45) is 5.37. The summed E-state index contributed by atoms with van der Waals surface area (Å²) in [5.41, 5.74) is 11.6. The predicted octanol–water partition coefficient (Wildman–Crippen LogP) is 3.26. The van der Waals surface area contributed by atoms with Crippen molar-refractivity contribution < 1.29 is 0 Å². The lowest BCUT2D eigenvalue weighted by Crippen LogP contribution is -2.14. The van der Waals surface area contributed by atoms with Gasteiger partial charge in [0.2, 0.25) is 0 Å².